The molecule has 2 N–H and O–H groups in total. The highest BCUT2D eigenvalue weighted by atomic mass is 15.1. The molecule has 0 aliphatic heterocycles. The lowest BCUT2D eigenvalue weighted by Crippen LogP contribution is -2.43. The zero-order valence-corrected chi connectivity index (χ0v) is 10.0. The molecule has 1 heterocycles. The van der Waals surface area contributed by atoms with Crippen LogP contribution in [0.2, 0.25) is 0 Å². The van der Waals surface area contributed by atoms with Gasteiger partial charge in [-0.3, -0.25) is 0 Å². The second kappa shape index (κ2) is 3.44. The number of nitrogens with zero attached hydrogens (tertiary/aromatic N) is 2. The van der Waals surface area contributed by atoms with Gasteiger partial charge in [-0.15, -0.1) is 5.10 Å². The van der Waals surface area contributed by atoms with Gasteiger partial charge in [-0.1, -0.05) is 0 Å². The summed E-state index contributed by atoms with van der Waals surface area (Å²) in [6.45, 7) is 0. The lowest BCUT2D eigenvalue weighted by molar-refractivity contribution is -0.00290. The van der Waals surface area contributed by atoms with Crippen LogP contribution in [-0.2, 0) is 0 Å². The van der Waals surface area contributed by atoms with Gasteiger partial charge in [-0.25, -0.2) is 0 Å². The normalized spacial score (nSPS) is 42.9. The molecule has 4 aliphatic carbocycles. The van der Waals surface area contributed by atoms with Gasteiger partial charge in [-0.05, 0) is 73.3 Å². The van der Waals surface area contributed by atoms with E-state index in [2.05, 4.69) is 16.3 Å². The fourth-order valence-corrected chi connectivity index (χ4v) is 5.05. The van der Waals surface area contributed by atoms with E-state index in [4.69, 9.17) is 5.73 Å². The van der Waals surface area contributed by atoms with Crippen molar-refractivity contribution in [1.82, 2.24) is 10.2 Å². The lowest BCUT2D eigenvalue weighted by atomic mass is 9.51. The molecule has 4 fully saturated rings. The summed E-state index contributed by atoms with van der Waals surface area (Å²) in [4.78, 5) is 0. The molecule has 3 heteroatoms. The van der Waals surface area contributed by atoms with Crippen molar-refractivity contribution in [2.75, 3.05) is 5.73 Å². The molecule has 1 aromatic heterocycles. The maximum Gasteiger partial charge on any atom is 0.146 e. The highest BCUT2D eigenvalue weighted by molar-refractivity contribution is 5.33. The largest absolute Gasteiger partial charge is 0.382 e. The van der Waals surface area contributed by atoms with Crippen LogP contribution < -0.4 is 5.73 Å². The summed E-state index contributed by atoms with van der Waals surface area (Å²) < 4.78 is 0. The third-order valence-corrected chi connectivity index (χ3v) is 5.31. The van der Waals surface area contributed by atoms with Gasteiger partial charge >= 0.3 is 0 Å². The summed E-state index contributed by atoms with van der Waals surface area (Å²) in [6.07, 6.45) is 9.24. The first-order chi connectivity index (χ1) is 8.29. The molecule has 0 radical (unpaired) electrons. The summed E-state index contributed by atoms with van der Waals surface area (Å²) in [6, 6.07) is 2.06. The first-order valence-corrected chi connectivity index (χ1v) is 6.87. The molecular formula is C14H19N3. The maximum atomic E-state index is 5.78. The molecule has 90 valence electrons. The highest BCUT2D eigenvalue weighted by Gasteiger charge is 2.48. The molecule has 4 aliphatic rings. The van der Waals surface area contributed by atoms with Crippen molar-refractivity contribution in [1.29, 1.82) is 0 Å². The summed E-state index contributed by atoms with van der Waals surface area (Å²) in [5, 5.41) is 7.92. The Morgan fingerprint density at radius 3 is 2.24 bits per heavy atom. The van der Waals surface area contributed by atoms with E-state index in [1.165, 1.54) is 37.7 Å². The Labute approximate surface area is 102 Å². The highest BCUT2D eigenvalue weighted by Crippen LogP contribution is 2.59. The molecule has 0 spiro atoms. The van der Waals surface area contributed by atoms with Gasteiger partial charge in [0.25, 0.3) is 0 Å². The van der Waals surface area contributed by atoms with Crippen LogP contribution in [0.15, 0.2) is 12.3 Å². The van der Waals surface area contributed by atoms with Gasteiger partial charge in [0.15, 0.2) is 0 Å². The molecule has 1 aromatic rings. The molecule has 0 atom stereocenters. The average molecular weight is 229 g/mol. The Bertz CT molecular complexity index is 415. The summed E-state index contributed by atoms with van der Waals surface area (Å²) >= 11 is 0. The fourth-order valence-electron chi connectivity index (χ4n) is 5.05. The van der Waals surface area contributed by atoms with Gasteiger partial charge in [-0.2, -0.15) is 5.10 Å². The Balaban J connectivity index is 1.70. The number of nitrogen functional groups attached to an aromatic ring is 1. The van der Waals surface area contributed by atoms with Crippen LogP contribution in [0.1, 0.15) is 43.6 Å². The molecule has 0 unspecified atom stereocenters. The Hall–Kier alpha value is -1.12. The number of anilines is 1. The molecule has 3 nitrogen and oxygen atoms in total. The molecular weight excluding hydrogens is 210 g/mol. The molecule has 5 rings (SSSR count). The van der Waals surface area contributed by atoms with Crippen molar-refractivity contribution < 1.29 is 0 Å². The van der Waals surface area contributed by atoms with Crippen molar-refractivity contribution in [3.8, 4) is 0 Å². The monoisotopic (exact) mass is 229 g/mol. The molecule has 17 heavy (non-hydrogen) atoms. The number of rotatable bonds is 1. The molecule has 0 aromatic carbocycles. The predicted molar refractivity (Wildman–Crippen MR) is 66.2 cm³/mol. The Kier molecular flexibility index (Phi) is 1.99. The number of nitrogens with two attached hydrogens (primary N) is 1. The van der Waals surface area contributed by atoms with Crippen LogP contribution in [0.25, 0.3) is 0 Å². The van der Waals surface area contributed by atoms with E-state index in [-0.39, 0.29) is 0 Å². The van der Waals surface area contributed by atoms with E-state index >= 15 is 0 Å². The van der Waals surface area contributed by atoms with Crippen molar-refractivity contribution in [3.05, 3.63) is 17.8 Å². The minimum Gasteiger partial charge on any atom is -0.382 e. The summed E-state index contributed by atoms with van der Waals surface area (Å²) in [7, 11) is 0. The zero-order valence-electron chi connectivity index (χ0n) is 10.0. The van der Waals surface area contributed by atoms with Crippen LogP contribution in [-0.4, -0.2) is 10.2 Å². The van der Waals surface area contributed by atoms with E-state index in [0.717, 1.165) is 29.6 Å². The van der Waals surface area contributed by atoms with Crippen LogP contribution in [0.4, 0.5) is 5.82 Å². The van der Waals surface area contributed by atoms with Crippen LogP contribution in [0.3, 0.4) is 0 Å². The van der Waals surface area contributed by atoms with Crippen molar-refractivity contribution in [2.24, 2.45) is 23.7 Å². The van der Waals surface area contributed by atoms with E-state index in [1.54, 1.807) is 0 Å². The molecule has 4 bridgehead atoms. The third kappa shape index (κ3) is 1.48. The smallest absolute Gasteiger partial charge is 0.146 e. The Morgan fingerprint density at radius 2 is 1.65 bits per heavy atom. The van der Waals surface area contributed by atoms with Crippen molar-refractivity contribution >= 4 is 5.82 Å². The van der Waals surface area contributed by atoms with Gasteiger partial charge in [0.2, 0.25) is 0 Å². The van der Waals surface area contributed by atoms with Crippen LogP contribution in [0, 0.1) is 23.7 Å². The van der Waals surface area contributed by atoms with Crippen LogP contribution >= 0.6 is 0 Å². The van der Waals surface area contributed by atoms with Crippen LogP contribution in [0.5, 0.6) is 0 Å². The molecule has 0 saturated heterocycles. The minimum atomic E-state index is 0.580. The van der Waals surface area contributed by atoms with Crippen molar-refractivity contribution in [2.45, 2.75) is 38.0 Å². The first kappa shape index (κ1) is 9.86. The Morgan fingerprint density at radius 1 is 1.00 bits per heavy atom. The molecule has 0 amide bonds. The average Bonchev–Trinajstić information content (AvgIpc) is 2.27. The standard InChI is InChI=1S/C14H19N3/c15-13-6-12(7-16-17-13)14-10-2-8-1-9(4-10)5-11(14)3-8/h6-11,14H,1-5H2,(H2,15,17). The summed E-state index contributed by atoms with van der Waals surface area (Å²) in [5.41, 5.74) is 7.13. The summed E-state index contributed by atoms with van der Waals surface area (Å²) in [5.74, 6) is 5.16. The lowest BCUT2D eigenvalue weighted by Gasteiger charge is -2.54. The minimum absolute atomic E-state index is 0.580. The zero-order chi connectivity index (χ0) is 11.4. The topological polar surface area (TPSA) is 51.8 Å². The van der Waals surface area contributed by atoms with E-state index in [0.29, 0.717) is 5.82 Å². The first-order valence-electron chi connectivity index (χ1n) is 6.87. The van der Waals surface area contributed by atoms with Gasteiger partial charge < -0.3 is 5.73 Å². The van der Waals surface area contributed by atoms with Gasteiger partial charge in [0.05, 0.1) is 6.20 Å². The van der Waals surface area contributed by atoms with Gasteiger partial charge in [0, 0.05) is 0 Å². The van der Waals surface area contributed by atoms with Crippen molar-refractivity contribution in [3.63, 3.8) is 0 Å². The number of hydrogen-bond donors (Lipinski definition) is 1. The fraction of sp³-hybridized carbons (Fsp3) is 0.714. The second-order valence-corrected chi connectivity index (χ2v) is 6.37. The van der Waals surface area contributed by atoms with E-state index in [1.807, 2.05) is 6.20 Å². The quantitative estimate of drug-likeness (QED) is 0.805. The van der Waals surface area contributed by atoms with Gasteiger partial charge in [0.1, 0.15) is 5.82 Å². The third-order valence-electron chi connectivity index (χ3n) is 5.31. The molecule has 4 saturated carbocycles. The van der Waals surface area contributed by atoms with E-state index in [9.17, 15) is 0 Å². The van der Waals surface area contributed by atoms with E-state index < -0.39 is 0 Å². The SMILES string of the molecule is Nc1cc(C2C3CC4CC(C3)CC2C4)cnn1. The number of aromatic nitrogens is 2. The number of hydrogen-bond acceptors (Lipinski definition) is 3. The maximum absolute atomic E-state index is 5.78. The second-order valence-electron chi connectivity index (χ2n) is 6.37. The predicted octanol–water partition coefficient (Wildman–Crippen LogP) is 2.60.